The summed E-state index contributed by atoms with van der Waals surface area (Å²) in [5, 5.41) is 10.0. The molecule has 2 atom stereocenters. The number of benzene rings is 2. The number of anilines is 2. The summed E-state index contributed by atoms with van der Waals surface area (Å²) in [5.74, 6) is 0.0847. The Balaban J connectivity index is 1.68. The fourth-order valence-corrected chi connectivity index (χ4v) is 3.31. The van der Waals surface area contributed by atoms with Crippen LogP contribution in [-0.2, 0) is 9.59 Å². The highest BCUT2D eigenvalue weighted by molar-refractivity contribution is 6.30. The molecule has 0 radical (unpaired) electrons. The molecule has 2 aromatic rings. The third-order valence-corrected chi connectivity index (χ3v) is 4.75. The minimum Gasteiger partial charge on any atom is -0.493 e. The van der Waals surface area contributed by atoms with Crippen molar-refractivity contribution in [2.75, 3.05) is 24.1 Å². The lowest BCUT2D eigenvalue weighted by Crippen LogP contribution is -2.39. The van der Waals surface area contributed by atoms with Crippen LogP contribution in [0.5, 0.6) is 11.5 Å². The molecule has 0 aliphatic carbocycles. The SMILES string of the molecule is COc1ccc(N2C(=O)C3N=NN(c4ccc(Cl)cc4)C3C2=O)cc1OC. The van der Waals surface area contributed by atoms with Crippen molar-refractivity contribution in [1.82, 2.24) is 0 Å². The first-order valence-electron chi connectivity index (χ1n) is 8.10. The number of hydrogen-bond donors (Lipinski definition) is 0. The quantitative estimate of drug-likeness (QED) is 0.754. The van der Waals surface area contributed by atoms with Gasteiger partial charge in [-0.2, -0.15) is 5.11 Å². The number of rotatable bonds is 4. The molecule has 8 nitrogen and oxygen atoms in total. The summed E-state index contributed by atoms with van der Waals surface area (Å²) in [6.45, 7) is 0. The second kappa shape index (κ2) is 6.55. The Labute approximate surface area is 159 Å². The number of halogens is 1. The van der Waals surface area contributed by atoms with Crippen LogP contribution in [0.3, 0.4) is 0 Å². The number of carbonyl (C=O) groups excluding carboxylic acids is 2. The van der Waals surface area contributed by atoms with E-state index in [0.717, 1.165) is 4.90 Å². The summed E-state index contributed by atoms with van der Waals surface area (Å²) in [6.07, 6.45) is 0. The van der Waals surface area contributed by atoms with Crippen LogP contribution in [0.25, 0.3) is 0 Å². The van der Waals surface area contributed by atoms with Crippen molar-refractivity contribution >= 4 is 34.8 Å². The van der Waals surface area contributed by atoms with Crippen molar-refractivity contribution in [1.29, 1.82) is 0 Å². The van der Waals surface area contributed by atoms with Gasteiger partial charge in [0.15, 0.2) is 23.6 Å². The smallest absolute Gasteiger partial charge is 0.263 e. The molecule has 2 aliphatic heterocycles. The van der Waals surface area contributed by atoms with Gasteiger partial charge in [-0.05, 0) is 36.4 Å². The molecule has 2 heterocycles. The number of fused-ring (bicyclic) bond motifs is 1. The third-order valence-electron chi connectivity index (χ3n) is 4.50. The topological polar surface area (TPSA) is 83.8 Å². The number of methoxy groups -OCH3 is 2. The van der Waals surface area contributed by atoms with Crippen molar-refractivity contribution < 1.29 is 19.1 Å². The van der Waals surface area contributed by atoms with E-state index in [1.54, 1.807) is 42.5 Å². The largest absolute Gasteiger partial charge is 0.493 e. The van der Waals surface area contributed by atoms with Gasteiger partial charge in [0.1, 0.15) is 0 Å². The van der Waals surface area contributed by atoms with Crippen LogP contribution < -0.4 is 19.4 Å². The summed E-state index contributed by atoms with van der Waals surface area (Å²) in [7, 11) is 3.00. The summed E-state index contributed by atoms with van der Waals surface area (Å²) < 4.78 is 10.5. The minimum atomic E-state index is -0.888. The average molecular weight is 387 g/mol. The lowest BCUT2D eigenvalue weighted by molar-refractivity contribution is -0.121. The molecular weight excluding hydrogens is 372 g/mol. The van der Waals surface area contributed by atoms with Crippen LogP contribution in [0.2, 0.25) is 5.02 Å². The highest BCUT2D eigenvalue weighted by Crippen LogP contribution is 2.38. The van der Waals surface area contributed by atoms with Gasteiger partial charge >= 0.3 is 0 Å². The maximum atomic E-state index is 13.0. The molecule has 1 fully saturated rings. The van der Waals surface area contributed by atoms with E-state index in [4.69, 9.17) is 21.1 Å². The fourth-order valence-electron chi connectivity index (χ4n) is 3.19. The normalized spacial score (nSPS) is 21.0. The predicted molar refractivity (Wildman–Crippen MR) is 98.4 cm³/mol. The van der Waals surface area contributed by atoms with Gasteiger partial charge in [-0.1, -0.05) is 16.8 Å². The van der Waals surface area contributed by atoms with Gasteiger partial charge in [0.25, 0.3) is 11.8 Å². The number of amides is 2. The van der Waals surface area contributed by atoms with Crippen molar-refractivity contribution in [3.8, 4) is 11.5 Å². The zero-order chi connectivity index (χ0) is 19.1. The van der Waals surface area contributed by atoms with Crippen molar-refractivity contribution in [3.63, 3.8) is 0 Å². The van der Waals surface area contributed by atoms with Crippen LogP contribution in [0.4, 0.5) is 11.4 Å². The molecule has 0 N–H and O–H groups in total. The molecule has 27 heavy (non-hydrogen) atoms. The Morgan fingerprint density at radius 2 is 1.59 bits per heavy atom. The van der Waals surface area contributed by atoms with Gasteiger partial charge in [-0.25, -0.2) is 9.91 Å². The van der Waals surface area contributed by atoms with Gasteiger partial charge in [0.05, 0.1) is 25.6 Å². The summed E-state index contributed by atoms with van der Waals surface area (Å²) in [5.41, 5.74) is 1.02. The molecule has 1 saturated heterocycles. The van der Waals surface area contributed by atoms with Gasteiger partial charge < -0.3 is 9.47 Å². The number of nitrogens with zero attached hydrogens (tertiary/aromatic N) is 4. The van der Waals surface area contributed by atoms with Crippen LogP contribution in [-0.4, -0.2) is 38.1 Å². The Morgan fingerprint density at radius 3 is 2.26 bits per heavy atom. The van der Waals surface area contributed by atoms with E-state index in [0.29, 0.717) is 27.9 Å². The zero-order valence-corrected chi connectivity index (χ0v) is 15.3. The second-order valence-corrected chi connectivity index (χ2v) is 6.40. The van der Waals surface area contributed by atoms with Crippen molar-refractivity contribution in [2.45, 2.75) is 12.1 Å². The predicted octanol–water partition coefficient (Wildman–Crippen LogP) is 2.86. The van der Waals surface area contributed by atoms with E-state index in [9.17, 15) is 9.59 Å². The van der Waals surface area contributed by atoms with Crippen molar-refractivity contribution in [3.05, 3.63) is 47.5 Å². The molecule has 2 aliphatic rings. The molecule has 0 aromatic heterocycles. The fraction of sp³-hybridized carbons (Fsp3) is 0.222. The molecule has 0 saturated carbocycles. The first-order valence-corrected chi connectivity index (χ1v) is 8.48. The lowest BCUT2D eigenvalue weighted by atomic mass is 10.1. The van der Waals surface area contributed by atoms with Crippen LogP contribution >= 0.6 is 11.6 Å². The van der Waals surface area contributed by atoms with Crippen molar-refractivity contribution in [2.24, 2.45) is 10.3 Å². The molecule has 4 rings (SSSR count). The standard InChI is InChI=1S/C18H15ClN4O4/c1-26-13-8-7-12(9-14(13)27-2)22-17(24)15-16(18(22)25)23(21-20-15)11-5-3-10(19)4-6-11/h3-9,15-16H,1-2H3. The van der Waals surface area contributed by atoms with E-state index >= 15 is 0 Å². The molecule has 0 bridgehead atoms. The molecule has 138 valence electrons. The first kappa shape index (κ1) is 17.3. The summed E-state index contributed by atoms with van der Waals surface area (Å²) in [6, 6.07) is 9.96. The molecule has 0 spiro atoms. The Hall–Kier alpha value is -3.13. The Morgan fingerprint density at radius 1 is 0.926 bits per heavy atom. The average Bonchev–Trinajstić information content (AvgIpc) is 3.22. The molecule has 9 heteroatoms. The second-order valence-electron chi connectivity index (χ2n) is 5.97. The highest BCUT2D eigenvalue weighted by atomic mass is 35.5. The van der Waals surface area contributed by atoms with E-state index < -0.39 is 23.9 Å². The molecular formula is C18H15ClN4O4. The minimum absolute atomic E-state index is 0.392. The van der Waals surface area contributed by atoms with Crippen LogP contribution in [0.1, 0.15) is 0 Å². The Bertz CT molecular complexity index is 947. The summed E-state index contributed by atoms with van der Waals surface area (Å²) >= 11 is 5.91. The van der Waals surface area contributed by atoms with E-state index in [-0.39, 0.29) is 0 Å². The van der Waals surface area contributed by atoms with Gasteiger partial charge in [-0.3, -0.25) is 9.59 Å². The highest BCUT2D eigenvalue weighted by Gasteiger charge is 2.55. The molecule has 2 amide bonds. The van der Waals surface area contributed by atoms with E-state index in [1.165, 1.54) is 19.2 Å². The molecule has 2 unspecified atom stereocenters. The number of carbonyl (C=O) groups is 2. The Kier molecular flexibility index (Phi) is 4.19. The first-order chi connectivity index (χ1) is 13.0. The van der Waals surface area contributed by atoms with Crippen LogP contribution in [0.15, 0.2) is 52.8 Å². The maximum Gasteiger partial charge on any atom is 0.263 e. The maximum absolute atomic E-state index is 13.0. The number of ether oxygens (including phenoxy) is 2. The third kappa shape index (κ3) is 2.69. The number of imide groups is 1. The van der Waals surface area contributed by atoms with Gasteiger partial charge in [0.2, 0.25) is 0 Å². The monoisotopic (exact) mass is 386 g/mol. The lowest BCUT2D eigenvalue weighted by Gasteiger charge is -2.21. The molecule has 2 aromatic carbocycles. The van der Waals surface area contributed by atoms with Crippen LogP contribution in [0, 0.1) is 0 Å². The zero-order valence-electron chi connectivity index (χ0n) is 14.5. The summed E-state index contributed by atoms with van der Waals surface area (Å²) in [4.78, 5) is 27.0. The number of hydrogen-bond acceptors (Lipinski definition) is 7. The van der Waals surface area contributed by atoms with Gasteiger partial charge in [-0.15, -0.1) is 0 Å². The van der Waals surface area contributed by atoms with Gasteiger partial charge in [0, 0.05) is 11.1 Å². The van der Waals surface area contributed by atoms with E-state index in [1.807, 2.05) is 0 Å². The van der Waals surface area contributed by atoms with E-state index in [2.05, 4.69) is 10.3 Å².